The SMILES string of the molecule is O=C(CS(=O)(=O)c1nnc(-c2ccc(Cl)cc2)o1)N1CCCC1. The number of carbonyl (C=O) groups is 1. The molecule has 0 unspecified atom stereocenters. The van der Waals surface area contributed by atoms with Gasteiger partial charge in [-0.2, -0.15) is 0 Å². The highest BCUT2D eigenvalue weighted by atomic mass is 35.5. The molecular formula is C14H14ClN3O4S. The normalized spacial score (nSPS) is 15.1. The maximum absolute atomic E-state index is 12.2. The Morgan fingerprint density at radius 1 is 1.17 bits per heavy atom. The molecule has 0 atom stereocenters. The van der Waals surface area contributed by atoms with Crippen molar-refractivity contribution in [1.82, 2.24) is 15.1 Å². The Bertz CT molecular complexity index is 811. The van der Waals surface area contributed by atoms with Crippen LogP contribution >= 0.6 is 11.6 Å². The third-order valence-electron chi connectivity index (χ3n) is 3.54. The third kappa shape index (κ3) is 3.53. The molecule has 1 aromatic heterocycles. The van der Waals surface area contributed by atoms with Gasteiger partial charge in [0.05, 0.1) is 0 Å². The molecule has 1 fully saturated rings. The van der Waals surface area contributed by atoms with Crippen molar-refractivity contribution in [2.75, 3.05) is 18.8 Å². The zero-order valence-electron chi connectivity index (χ0n) is 12.1. The lowest BCUT2D eigenvalue weighted by Crippen LogP contribution is -2.33. The van der Waals surface area contributed by atoms with Gasteiger partial charge in [-0.3, -0.25) is 4.79 Å². The fourth-order valence-electron chi connectivity index (χ4n) is 2.33. The second-order valence-electron chi connectivity index (χ2n) is 5.23. The monoisotopic (exact) mass is 355 g/mol. The van der Waals surface area contributed by atoms with Crippen LogP contribution in [-0.2, 0) is 14.6 Å². The smallest absolute Gasteiger partial charge is 0.336 e. The molecule has 9 heteroatoms. The molecule has 23 heavy (non-hydrogen) atoms. The van der Waals surface area contributed by atoms with E-state index in [0.717, 1.165) is 12.8 Å². The summed E-state index contributed by atoms with van der Waals surface area (Å²) in [5.74, 6) is -1.03. The molecule has 3 rings (SSSR count). The summed E-state index contributed by atoms with van der Waals surface area (Å²) in [5, 5.41) is 7.27. The fourth-order valence-corrected chi connectivity index (χ4v) is 3.45. The van der Waals surface area contributed by atoms with Crippen LogP contribution in [0.4, 0.5) is 0 Å². The molecule has 0 spiro atoms. The number of amides is 1. The van der Waals surface area contributed by atoms with Crippen molar-refractivity contribution in [2.24, 2.45) is 0 Å². The van der Waals surface area contributed by atoms with E-state index in [0.29, 0.717) is 23.7 Å². The van der Waals surface area contributed by atoms with E-state index in [4.69, 9.17) is 16.0 Å². The Labute approximate surface area is 138 Å². The summed E-state index contributed by atoms with van der Waals surface area (Å²) in [5.41, 5.74) is 0.550. The van der Waals surface area contributed by atoms with Crippen molar-refractivity contribution in [3.63, 3.8) is 0 Å². The maximum Gasteiger partial charge on any atom is 0.336 e. The van der Waals surface area contributed by atoms with Gasteiger partial charge in [-0.1, -0.05) is 16.7 Å². The van der Waals surface area contributed by atoms with Gasteiger partial charge in [0.1, 0.15) is 5.75 Å². The summed E-state index contributed by atoms with van der Waals surface area (Å²) in [7, 11) is -3.95. The minimum atomic E-state index is -3.95. The minimum Gasteiger partial charge on any atom is -0.408 e. The number of aromatic nitrogens is 2. The molecule has 1 aliphatic rings. The minimum absolute atomic E-state index is 0.0638. The van der Waals surface area contributed by atoms with Crippen LogP contribution in [0.2, 0.25) is 5.02 Å². The van der Waals surface area contributed by atoms with Crippen LogP contribution in [0.5, 0.6) is 0 Å². The number of hydrogen-bond donors (Lipinski definition) is 0. The third-order valence-corrected chi connectivity index (χ3v) is 5.11. The molecule has 122 valence electrons. The molecule has 1 saturated heterocycles. The number of likely N-dealkylation sites (tertiary alicyclic amines) is 1. The molecular weight excluding hydrogens is 342 g/mol. The largest absolute Gasteiger partial charge is 0.408 e. The lowest BCUT2D eigenvalue weighted by molar-refractivity contribution is -0.127. The Hall–Kier alpha value is -1.93. The lowest BCUT2D eigenvalue weighted by atomic mass is 10.2. The van der Waals surface area contributed by atoms with Gasteiger partial charge < -0.3 is 9.32 Å². The van der Waals surface area contributed by atoms with E-state index >= 15 is 0 Å². The quantitative estimate of drug-likeness (QED) is 0.830. The van der Waals surface area contributed by atoms with E-state index in [-0.39, 0.29) is 5.89 Å². The molecule has 0 N–H and O–H groups in total. The number of nitrogens with zero attached hydrogens (tertiary/aromatic N) is 3. The molecule has 0 saturated carbocycles. The van der Waals surface area contributed by atoms with Crippen molar-refractivity contribution in [1.29, 1.82) is 0 Å². The van der Waals surface area contributed by atoms with Gasteiger partial charge in [-0.25, -0.2) is 8.42 Å². The predicted octanol–water partition coefficient (Wildman–Crippen LogP) is 1.79. The first-order chi connectivity index (χ1) is 11.0. The van der Waals surface area contributed by atoms with Crippen LogP contribution in [0.3, 0.4) is 0 Å². The summed E-state index contributed by atoms with van der Waals surface area (Å²) >= 11 is 5.79. The van der Waals surface area contributed by atoms with Crippen molar-refractivity contribution in [3.05, 3.63) is 29.3 Å². The van der Waals surface area contributed by atoms with Gasteiger partial charge >= 0.3 is 5.22 Å². The summed E-state index contributed by atoms with van der Waals surface area (Å²) in [6, 6.07) is 6.54. The number of halogens is 1. The highest BCUT2D eigenvalue weighted by Crippen LogP contribution is 2.22. The van der Waals surface area contributed by atoms with E-state index < -0.39 is 26.7 Å². The average molecular weight is 356 g/mol. The van der Waals surface area contributed by atoms with E-state index in [2.05, 4.69) is 10.2 Å². The number of rotatable bonds is 4. The Morgan fingerprint density at radius 3 is 2.48 bits per heavy atom. The molecule has 1 amide bonds. The van der Waals surface area contributed by atoms with Crippen molar-refractivity contribution in [2.45, 2.75) is 18.1 Å². The highest BCUT2D eigenvalue weighted by Gasteiger charge is 2.29. The number of carbonyl (C=O) groups excluding carboxylic acids is 1. The van der Waals surface area contributed by atoms with Crippen molar-refractivity contribution in [3.8, 4) is 11.5 Å². The van der Waals surface area contributed by atoms with Crippen LogP contribution < -0.4 is 0 Å². The molecule has 2 heterocycles. The van der Waals surface area contributed by atoms with Crippen LogP contribution in [0, 0.1) is 0 Å². The van der Waals surface area contributed by atoms with Gasteiger partial charge in [0.2, 0.25) is 21.6 Å². The zero-order chi connectivity index (χ0) is 16.4. The zero-order valence-corrected chi connectivity index (χ0v) is 13.7. The summed E-state index contributed by atoms with van der Waals surface area (Å²) in [4.78, 5) is 13.5. The lowest BCUT2D eigenvalue weighted by Gasteiger charge is -2.13. The Balaban J connectivity index is 1.78. The first kappa shape index (κ1) is 15.9. The number of sulfone groups is 1. The van der Waals surface area contributed by atoms with E-state index in [9.17, 15) is 13.2 Å². The van der Waals surface area contributed by atoms with E-state index in [1.165, 1.54) is 4.90 Å². The first-order valence-corrected chi connectivity index (χ1v) is 9.09. The van der Waals surface area contributed by atoms with Crippen LogP contribution in [0.15, 0.2) is 33.9 Å². The molecule has 7 nitrogen and oxygen atoms in total. The summed E-state index contributed by atoms with van der Waals surface area (Å²) in [6.07, 6.45) is 1.79. The van der Waals surface area contributed by atoms with Crippen molar-refractivity contribution < 1.29 is 17.6 Å². The molecule has 0 bridgehead atoms. The molecule has 2 aromatic rings. The van der Waals surface area contributed by atoms with Crippen LogP contribution in [-0.4, -0.2) is 48.3 Å². The van der Waals surface area contributed by atoms with Gasteiger partial charge in [0.25, 0.3) is 0 Å². The molecule has 0 radical (unpaired) electrons. The predicted molar refractivity (Wildman–Crippen MR) is 82.6 cm³/mol. The van der Waals surface area contributed by atoms with Crippen LogP contribution in [0.1, 0.15) is 12.8 Å². The summed E-state index contributed by atoms with van der Waals surface area (Å²) in [6.45, 7) is 1.18. The number of benzene rings is 1. The Kier molecular flexibility index (Phi) is 4.36. The Morgan fingerprint density at radius 2 is 1.83 bits per heavy atom. The number of hydrogen-bond acceptors (Lipinski definition) is 6. The second-order valence-corrected chi connectivity index (χ2v) is 7.53. The fraction of sp³-hybridized carbons (Fsp3) is 0.357. The van der Waals surface area contributed by atoms with E-state index in [1.54, 1.807) is 24.3 Å². The topological polar surface area (TPSA) is 93.4 Å². The van der Waals surface area contributed by atoms with Crippen LogP contribution in [0.25, 0.3) is 11.5 Å². The molecule has 0 aliphatic carbocycles. The second kappa shape index (κ2) is 6.29. The summed E-state index contributed by atoms with van der Waals surface area (Å²) < 4.78 is 29.7. The first-order valence-electron chi connectivity index (χ1n) is 7.06. The van der Waals surface area contributed by atoms with Gasteiger partial charge in [-0.05, 0) is 37.1 Å². The van der Waals surface area contributed by atoms with Gasteiger partial charge in [-0.15, -0.1) is 5.10 Å². The standard InChI is InChI=1S/C14H14ClN3O4S/c15-11-5-3-10(4-6-11)13-16-17-14(22-13)23(20,21)9-12(19)18-7-1-2-8-18/h3-6H,1-2,7-9H2. The molecule has 1 aliphatic heterocycles. The van der Waals surface area contributed by atoms with E-state index in [1.807, 2.05) is 0 Å². The van der Waals surface area contributed by atoms with Gasteiger partial charge in [0.15, 0.2) is 0 Å². The average Bonchev–Trinajstić information content (AvgIpc) is 3.20. The maximum atomic E-state index is 12.2. The van der Waals surface area contributed by atoms with Crippen molar-refractivity contribution >= 4 is 27.3 Å². The highest BCUT2D eigenvalue weighted by molar-refractivity contribution is 7.91. The molecule has 1 aromatic carbocycles. The van der Waals surface area contributed by atoms with Gasteiger partial charge in [0, 0.05) is 23.7 Å².